The quantitative estimate of drug-likeness (QED) is 0.779. The molecule has 0 fully saturated rings. The zero-order valence-corrected chi connectivity index (χ0v) is 11.8. The fourth-order valence-corrected chi connectivity index (χ4v) is 2.91. The van der Waals surface area contributed by atoms with Gasteiger partial charge in [-0.25, -0.2) is 12.8 Å². The monoisotopic (exact) mass is 278 g/mol. The highest BCUT2D eigenvalue weighted by molar-refractivity contribution is 7.92. The minimum absolute atomic E-state index is 0.0323. The van der Waals surface area contributed by atoms with Crippen LogP contribution in [0.3, 0.4) is 0 Å². The van der Waals surface area contributed by atoms with Crippen molar-refractivity contribution in [2.24, 2.45) is 0 Å². The molecule has 17 heavy (non-hydrogen) atoms. The number of halogens is 1. The van der Waals surface area contributed by atoms with Crippen LogP contribution in [0.25, 0.3) is 0 Å². The van der Waals surface area contributed by atoms with Gasteiger partial charge in [0.15, 0.2) is 20.5 Å². The maximum atomic E-state index is 13.7. The summed E-state index contributed by atoms with van der Waals surface area (Å²) < 4.78 is 47.5. The lowest BCUT2D eigenvalue weighted by Crippen LogP contribution is -2.28. The first-order valence-corrected chi connectivity index (χ1v) is 7.99. The molecule has 3 nitrogen and oxygen atoms in total. The zero-order chi connectivity index (χ0) is 13.4. The third kappa shape index (κ3) is 3.43. The fourth-order valence-electron chi connectivity index (χ4n) is 1.19. The van der Waals surface area contributed by atoms with E-state index in [1.165, 1.54) is 12.1 Å². The van der Waals surface area contributed by atoms with Gasteiger partial charge >= 0.3 is 0 Å². The van der Waals surface area contributed by atoms with Crippen LogP contribution in [0.2, 0.25) is 0 Å². The third-order valence-electron chi connectivity index (χ3n) is 2.09. The summed E-state index contributed by atoms with van der Waals surface area (Å²) in [5.41, 5.74) is 0. The number of sulfone groups is 1. The van der Waals surface area contributed by atoms with Crippen LogP contribution in [0.4, 0.5) is 4.39 Å². The third-order valence-corrected chi connectivity index (χ3v) is 5.04. The minimum Gasteiger partial charge on any atom is -0.611 e. The van der Waals surface area contributed by atoms with Crippen molar-refractivity contribution in [1.82, 2.24) is 0 Å². The van der Waals surface area contributed by atoms with E-state index in [1.807, 2.05) is 0 Å². The van der Waals surface area contributed by atoms with Gasteiger partial charge in [0.2, 0.25) is 0 Å². The standard InChI is InChI=1S/C11H15FO3S2/c1-11(2,3)16(13)10-6-5-8(7-9(10)12)17(4,14)15/h5-7H,1-4H3. The molecule has 0 heterocycles. The van der Waals surface area contributed by atoms with Crippen molar-refractivity contribution >= 4 is 21.0 Å². The Kier molecular flexibility index (Phi) is 3.91. The molecule has 1 aromatic rings. The highest BCUT2D eigenvalue weighted by atomic mass is 32.2. The van der Waals surface area contributed by atoms with Gasteiger partial charge in [-0.2, -0.15) is 0 Å². The van der Waals surface area contributed by atoms with Crippen LogP contribution in [-0.4, -0.2) is 24.0 Å². The Labute approximate surface area is 104 Å². The largest absolute Gasteiger partial charge is 0.611 e. The number of hydrogen-bond acceptors (Lipinski definition) is 3. The van der Waals surface area contributed by atoms with Crippen LogP contribution in [0.15, 0.2) is 28.0 Å². The van der Waals surface area contributed by atoms with E-state index in [1.54, 1.807) is 20.8 Å². The van der Waals surface area contributed by atoms with E-state index >= 15 is 0 Å². The maximum Gasteiger partial charge on any atom is 0.188 e. The molecule has 0 bridgehead atoms. The topological polar surface area (TPSA) is 57.2 Å². The van der Waals surface area contributed by atoms with Crippen molar-refractivity contribution in [1.29, 1.82) is 0 Å². The lowest BCUT2D eigenvalue weighted by atomic mass is 10.3. The summed E-state index contributed by atoms with van der Waals surface area (Å²) in [6.07, 6.45) is 1.00. The van der Waals surface area contributed by atoms with Gasteiger partial charge in [-0.15, -0.1) is 0 Å². The number of benzene rings is 1. The van der Waals surface area contributed by atoms with Crippen molar-refractivity contribution in [2.75, 3.05) is 6.26 Å². The summed E-state index contributed by atoms with van der Waals surface area (Å²) in [4.78, 5) is -0.0745. The van der Waals surface area contributed by atoms with Gasteiger partial charge in [-0.05, 0) is 50.1 Å². The number of rotatable bonds is 2. The minimum atomic E-state index is -3.44. The van der Waals surface area contributed by atoms with E-state index in [0.717, 1.165) is 12.3 Å². The summed E-state index contributed by atoms with van der Waals surface area (Å²) in [6, 6.07) is 3.46. The van der Waals surface area contributed by atoms with Gasteiger partial charge < -0.3 is 4.55 Å². The van der Waals surface area contributed by atoms with Crippen molar-refractivity contribution in [3.05, 3.63) is 24.0 Å². The first kappa shape index (κ1) is 14.5. The van der Waals surface area contributed by atoms with E-state index in [4.69, 9.17) is 0 Å². The second-order valence-electron chi connectivity index (χ2n) is 4.75. The first-order chi connectivity index (χ1) is 7.53. The molecular formula is C11H15FO3S2. The Morgan fingerprint density at radius 1 is 1.29 bits per heavy atom. The molecule has 0 aromatic heterocycles. The lowest BCUT2D eigenvalue weighted by molar-refractivity contribution is 0.538. The summed E-state index contributed by atoms with van der Waals surface area (Å²) in [7, 11) is -3.44. The highest BCUT2D eigenvalue weighted by Gasteiger charge is 2.31. The molecule has 0 radical (unpaired) electrons. The molecule has 0 aliphatic rings. The summed E-state index contributed by atoms with van der Waals surface area (Å²) in [5.74, 6) is -0.749. The first-order valence-electron chi connectivity index (χ1n) is 4.95. The molecule has 0 spiro atoms. The molecule has 0 aliphatic heterocycles. The van der Waals surface area contributed by atoms with Crippen LogP contribution >= 0.6 is 0 Å². The number of hydrogen-bond donors (Lipinski definition) is 0. The van der Waals surface area contributed by atoms with E-state index in [0.29, 0.717) is 0 Å². The average Bonchev–Trinajstić information content (AvgIpc) is 2.13. The summed E-state index contributed by atoms with van der Waals surface area (Å²) >= 11 is -1.52. The van der Waals surface area contributed by atoms with E-state index < -0.39 is 31.6 Å². The average molecular weight is 278 g/mol. The van der Waals surface area contributed by atoms with Gasteiger partial charge in [0, 0.05) is 6.26 Å². The molecule has 0 N–H and O–H groups in total. The Morgan fingerprint density at radius 3 is 2.18 bits per heavy atom. The van der Waals surface area contributed by atoms with Crippen molar-refractivity contribution < 1.29 is 17.4 Å². The fraction of sp³-hybridized carbons (Fsp3) is 0.455. The van der Waals surface area contributed by atoms with Crippen LogP contribution in [0.5, 0.6) is 0 Å². The molecular weight excluding hydrogens is 263 g/mol. The highest BCUT2D eigenvalue weighted by Crippen LogP contribution is 2.28. The van der Waals surface area contributed by atoms with Crippen LogP contribution in [-0.2, 0) is 21.0 Å². The molecule has 96 valence electrons. The van der Waals surface area contributed by atoms with Gasteiger partial charge in [0.05, 0.1) is 4.90 Å². The van der Waals surface area contributed by atoms with Gasteiger partial charge in [-0.1, -0.05) is 0 Å². The van der Waals surface area contributed by atoms with E-state index in [-0.39, 0.29) is 9.79 Å². The predicted octanol–water partition coefficient (Wildman–Crippen LogP) is 2.14. The smallest absolute Gasteiger partial charge is 0.188 e. The van der Waals surface area contributed by atoms with Crippen molar-refractivity contribution in [2.45, 2.75) is 35.3 Å². The molecule has 0 saturated carbocycles. The van der Waals surface area contributed by atoms with E-state index in [9.17, 15) is 17.4 Å². The van der Waals surface area contributed by atoms with Gasteiger partial charge in [-0.3, -0.25) is 0 Å². The molecule has 6 heteroatoms. The molecule has 1 aromatic carbocycles. The van der Waals surface area contributed by atoms with Gasteiger partial charge in [0.25, 0.3) is 0 Å². The predicted molar refractivity (Wildman–Crippen MR) is 65.7 cm³/mol. The van der Waals surface area contributed by atoms with E-state index in [2.05, 4.69) is 0 Å². The molecule has 1 unspecified atom stereocenters. The Balaban J connectivity index is 3.24. The summed E-state index contributed by atoms with van der Waals surface area (Å²) in [5, 5.41) is 0. The van der Waals surface area contributed by atoms with Gasteiger partial charge in [0.1, 0.15) is 4.75 Å². The summed E-state index contributed by atoms with van der Waals surface area (Å²) in [6.45, 7) is 5.19. The van der Waals surface area contributed by atoms with Crippen molar-refractivity contribution in [3.63, 3.8) is 0 Å². The Bertz CT molecular complexity index is 518. The second-order valence-corrected chi connectivity index (χ2v) is 8.96. The molecule has 0 aliphatic carbocycles. The second kappa shape index (κ2) is 4.59. The SMILES string of the molecule is CC(C)(C)[S+]([O-])c1ccc(S(C)(=O)=O)cc1F. The lowest BCUT2D eigenvalue weighted by Gasteiger charge is -2.24. The van der Waals surface area contributed by atoms with Crippen LogP contribution in [0, 0.1) is 5.82 Å². The van der Waals surface area contributed by atoms with Crippen molar-refractivity contribution in [3.8, 4) is 0 Å². The molecule has 1 atom stereocenters. The molecule has 1 rings (SSSR count). The zero-order valence-electron chi connectivity index (χ0n) is 10.2. The molecule has 0 saturated heterocycles. The Morgan fingerprint density at radius 2 is 1.82 bits per heavy atom. The maximum absolute atomic E-state index is 13.7. The van der Waals surface area contributed by atoms with Crippen LogP contribution in [0.1, 0.15) is 20.8 Å². The Hall–Kier alpha value is -0.590. The normalized spacial score (nSPS) is 14.7. The van der Waals surface area contributed by atoms with Crippen LogP contribution < -0.4 is 0 Å². The molecule has 0 amide bonds.